The topological polar surface area (TPSA) is 12.0 Å². The van der Waals surface area contributed by atoms with E-state index in [1.807, 2.05) is 0 Å². The van der Waals surface area contributed by atoms with Crippen LogP contribution in [0.3, 0.4) is 0 Å². The van der Waals surface area contributed by atoms with Crippen LogP contribution in [0, 0.1) is 5.82 Å². The van der Waals surface area contributed by atoms with Crippen LogP contribution in [0.15, 0.2) is 18.2 Å². The summed E-state index contributed by atoms with van der Waals surface area (Å²) < 4.78 is 39.0. The molecular formula is C9H9ClF3N. The van der Waals surface area contributed by atoms with Crippen molar-refractivity contribution in [2.24, 2.45) is 0 Å². The van der Waals surface area contributed by atoms with Crippen molar-refractivity contribution in [3.05, 3.63) is 35.1 Å². The van der Waals surface area contributed by atoms with Crippen molar-refractivity contribution < 1.29 is 13.2 Å². The third-order valence-corrected chi connectivity index (χ3v) is 2.13. The van der Waals surface area contributed by atoms with Gasteiger partial charge in [0.1, 0.15) is 5.82 Å². The van der Waals surface area contributed by atoms with Crippen molar-refractivity contribution >= 4 is 12.4 Å². The van der Waals surface area contributed by atoms with Crippen LogP contribution < -0.4 is 5.32 Å². The Kier molecular flexibility index (Phi) is 3.07. The molecule has 0 amide bonds. The molecule has 0 radical (unpaired) electrons. The van der Waals surface area contributed by atoms with Gasteiger partial charge in [0, 0.05) is 12.1 Å². The van der Waals surface area contributed by atoms with Gasteiger partial charge in [-0.1, -0.05) is 6.07 Å². The minimum atomic E-state index is -2.95. The fourth-order valence-electron chi connectivity index (χ4n) is 1.49. The Balaban J connectivity index is 0.000000980. The number of fused-ring (bicyclic) bond motifs is 1. The molecular weight excluding hydrogens is 215 g/mol. The van der Waals surface area contributed by atoms with Gasteiger partial charge in [-0.25, -0.2) is 4.39 Å². The Bertz CT molecular complexity index is 341. The summed E-state index contributed by atoms with van der Waals surface area (Å²) in [5.41, 5.74) is 0.281. The lowest BCUT2D eigenvalue weighted by atomic mass is 9.98. The third-order valence-electron chi connectivity index (χ3n) is 2.13. The summed E-state index contributed by atoms with van der Waals surface area (Å²) in [6, 6.07) is 3.50. The first-order valence-electron chi connectivity index (χ1n) is 3.97. The second-order valence-corrected chi connectivity index (χ2v) is 3.11. The van der Waals surface area contributed by atoms with E-state index in [-0.39, 0.29) is 18.0 Å². The summed E-state index contributed by atoms with van der Waals surface area (Å²) in [6.45, 7) is -0.0331. The highest BCUT2D eigenvalue weighted by atomic mass is 35.5. The molecule has 1 heterocycles. The summed E-state index contributed by atoms with van der Waals surface area (Å²) in [5.74, 6) is -3.56. The SMILES string of the molecule is Cl.Fc1ccc2c(c1)C(F)(F)CNC2. The molecule has 0 aromatic heterocycles. The smallest absolute Gasteiger partial charge is 0.285 e. The summed E-state index contributed by atoms with van der Waals surface area (Å²) in [5, 5.41) is 2.58. The Labute approximate surface area is 85.7 Å². The molecule has 2 rings (SSSR count). The van der Waals surface area contributed by atoms with E-state index in [4.69, 9.17) is 0 Å². The highest BCUT2D eigenvalue weighted by Gasteiger charge is 2.36. The van der Waals surface area contributed by atoms with Crippen LogP contribution in [0.4, 0.5) is 13.2 Å². The molecule has 0 atom stereocenters. The molecule has 1 aromatic carbocycles. The fraction of sp³-hybridized carbons (Fsp3) is 0.333. The van der Waals surface area contributed by atoms with E-state index < -0.39 is 18.3 Å². The van der Waals surface area contributed by atoms with Crippen molar-refractivity contribution in [2.75, 3.05) is 6.54 Å². The highest BCUT2D eigenvalue weighted by molar-refractivity contribution is 5.85. The van der Waals surface area contributed by atoms with Crippen LogP contribution in [-0.2, 0) is 12.5 Å². The maximum Gasteiger partial charge on any atom is 0.285 e. The molecule has 0 aliphatic carbocycles. The number of hydrogen-bond donors (Lipinski definition) is 1. The number of hydrogen-bond acceptors (Lipinski definition) is 1. The first kappa shape index (κ1) is 11.3. The standard InChI is InChI=1S/C9H8F3N.ClH/c10-7-2-1-6-4-13-5-9(11,12)8(6)3-7;/h1-3,13H,4-5H2;1H. The predicted molar refractivity (Wildman–Crippen MR) is 49.2 cm³/mol. The van der Waals surface area contributed by atoms with Crippen LogP contribution >= 0.6 is 12.4 Å². The van der Waals surface area contributed by atoms with Crippen molar-refractivity contribution in [2.45, 2.75) is 12.5 Å². The van der Waals surface area contributed by atoms with Gasteiger partial charge in [-0.15, -0.1) is 12.4 Å². The van der Waals surface area contributed by atoms with Gasteiger partial charge in [-0.05, 0) is 17.7 Å². The minimum Gasteiger partial charge on any atom is -0.307 e. The average Bonchev–Trinajstić information content (AvgIpc) is 2.06. The van der Waals surface area contributed by atoms with Gasteiger partial charge in [0.15, 0.2) is 0 Å². The molecule has 1 nitrogen and oxygen atoms in total. The Morgan fingerprint density at radius 2 is 2.00 bits per heavy atom. The lowest BCUT2D eigenvalue weighted by Gasteiger charge is -2.25. The maximum absolute atomic E-state index is 13.1. The molecule has 14 heavy (non-hydrogen) atoms. The third kappa shape index (κ3) is 1.86. The van der Waals surface area contributed by atoms with E-state index in [1.54, 1.807) is 0 Å². The number of alkyl halides is 2. The van der Waals surface area contributed by atoms with Crippen LogP contribution in [0.1, 0.15) is 11.1 Å². The van der Waals surface area contributed by atoms with Gasteiger partial charge >= 0.3 is 0 Å². The second kappa shape index (κ2) is 3.79. The number of nitrogens with one attached hydrogen (secondary N) is 1. The quantitative estimate of drug-likeness (QED) is 0.713. The molecule has 1 aromatic rings. The lowest BCUT2D eigenvalue weighted by molar-refractivity contribution is -0.0111. The molecule has 78 valence electrons. The summed E-state index contributed by atoms with van der Waals surface area (Å²) in [6.07, 6.45) is 0. The van der Waals surface area contributed by atoms with E-state index in [0.717, 1.165) is 6.07 Å². The molecule has 5 heteroatoms. The number of benzene rings is 1. The molecule has 1 aliphatic heterocycles. The van der Waals surface area contributed by atoms with E-state index >= 15 is 0 Å². The second-order valence-electron chi connectivity index (χ2n) is 3.11. The summed E-state index contributed by atoms with van der Waals surface area (Å²) in [7, 11) is 0. The molecule has 1 N–H and O–H groups in total. The van der Waals surface area contributed by atoms with Crippen molar-refractivity contribution in [3.8, 4) is 0 Å². The molecule has 0 unspecified atom stereocenters. The van der Waals surface area contributed by atoms with E-state index in [0.29, 0.717) is 12.1 Å². The van der Waals surface area contributed by atoms with Crippen LogP contribution in [0.25, 0.3) is 0 Å². The molecule has 1 aliphatic rings. The molecule has 0 spiro atoms. The lowest BCUT2D eigenvalue weighted by Crippen LogP contribution is -2.36. The van der Waals surface area contributed by atoms with Gasteiger partial charge in [0.2, 0.25) is 0 Å². The number of halogens is 4. The zero-order chi connectivity index (χ0) is 9.47. The Morgan fingerprint density at radius 3 is 2.71 bits per heavy atom. The van der Waals surface area contributed by atoms with Crippen molar-refractivity contribution in [3.63, 3.8) is 0 Å². The fourth-order valence-corrected chi connectivity index (χ4v) is 1.49. The Hall–Kier alpha value is -0.740. The highest BCUT2D eigenvalue weighted by Crippen LogP contribution is 2.33. The van der Waals surface area contributed by atoms with Gasteiger partial charge in [0.05, 0.1) is 6.54 Å². The Morgan fingerprint density at radius 1 is 1.29 bits per heavy atom. The largest absolute Gasteiger partial charge is 0.307 e. The average molecular weight is 224 g/mol. The first-order chi connectivity index (χ1) is 6.09. The van der Waals surface area contributed by atoms with Crippen LogP contribution in [0.5, 0.6) is 0 Å². The zero-order valence-corrected chi connectivity index (χ0v) is 8.00. The van der Waals surface area contributed by atoms with Gasteiger partial charge in [-0.3, -0.25) is 0 Å². The zero-order valence-electron chi connectivity index (χ0n) is 7.19. The summed E-state index contributed by atoms with van der Waals surface area (Å²) in [4.78, 5) is 0. The molecule has 0 saturated carbocycles. The molecule has 0 bridgehead atoms. The van der Waals surface area contributed by atoms with Crippen LogP contribution in [0.2, 0.25) is 0 Å². The van der Waals surface area contributed by atoms with Gasteiger partial charge in [0.25, 0.3) is 5.92 Å². The van der Waals surface area contributed by atoms with Crippen molar-refractivity contribution in [1.82, 2.24) is 5.32 Å². The van der Waals surface area contributed by atoms with Crippen molar-refractivity contribution in [1.29, 1.82) is 0 Å². The van der Waals surface area contributed by atoms with Gasteiger partial charge in [-0.2, -0.15) is 8.78 Å². The molecule has 0 fully saturated rings. The van der Waals surface area contributed by atoms with Crippen LogP contribution in [-0.4, -0.2) is 6.54 Å². The van der Waals surface area contributed by atoms with E-state index in [9.17, 15) is 13.2 Å². The maximum atomic E-state index is 13.1. The predicted octanol–water partition coefficient (Wildman–Crippen LogP) is 2.44. The normalized spacial score (nSPS) is 18.2. The first-order valence-corrected chi connectivity index (χ1v) is 3.97. The molecule has 0 saturated heterocycles. The minimum absolute atomic E-state index is 0. The van der Waals surface area contributed by atoms with E-state index in [2.05, 4.69) is 5.32 Å². The summed E-state index contributed by atoms with van der Waals surface area (Å²) >= 11 is 0. The number of rotatable bonds is 0. The van der Waals surface area contributed by atoms with E-state index in [1.165, 1.54) is 12.1 Å². The monoisotopic (exact) mass is 223 g/mol. The van der Waals surface area contributed by atoms with Gasteiger partial charge < -0.3 is 5.32 Å².